The fraction of sp³-hybridized carbons (Fsp3) is 0.478. The molecule has 1 aromatic heterocycles. The molecule has 0 aliphatic carbocycles. The van der Waals surface area contributed by atoms with Crippen molar-refractivity contribution in [2.24, 2.45) is 0 Å². The Morgan fingerprint density at radius 3 is 2.41 bits per heavy atom. The molecule has 2 heterocycles. The van der Waals surface area contributed by atoms with Crippen LogP contribution >= 0.6 is 0 Å². The van der Waals surface area contributed by atoms with Gasteiger partial charge in [0.2, 0.25) is 5.91 Å². The monoisotopic (exact) mass is 398 g/mol. The first kappa shape index (κ1) is 21.3. The highest BCUT2D eigenvalue weighted by Gasteiger charge is 2.25. The Hall–Kier alpha value is -2.44. The number of furan rings is 1. The summed E-state index contributed by atoms with van der Waals surface area (Å²) in [6.07, 6.45) is 1.33. The van der Waals surface area contributed by atoms with Gasteiger partial charge in [0.25, 0.3) is 0 Å². The zero-order valence-electron chi connectivity index (χ0n) is 17.3. The molecule has 1 saturated heterocycles. The second-order valence-corrected chi connectivity index (χ2v) is 7.39. The third-order valence-electron chi connectivity index (χ3n) is 5.33. The number of nitrogens with one attached hydrogen (secondary N) is 1. The maximum atomic E-state index is 12.4. The highest BCUT2D eigenvalue weighted by Crippen LogP contribution is 2.23. The van der Waals surface area contributed by atoms with E-state index in [4.69, 9.17) is 9.15 Å². The van der Waals surface area contributed by atoms with Gasteiger partial charge in [-0.05, 0) is 31.0 Å². The van der Waals surface area contributed by atoms with Gasteiger partial charge in [-0.15, -0.1) is 0 Å². The summed E-state index contributed by atoms with van der Waals surface area (Å²) in [7, 11) is 0. The number of hydrogen-bond acceptors (Lipinski definition) is 5. The number of nitrogens with zero attached hydrogens (tertiary/aromatic N) is 1. The highest BCUT2D eigenvalue weighted by atomic mass is 16.5. The molecule has 0 spiro atoms. The van der Waals surface area contributed by atoms with Gasteiger partial charge in [0.05, 0.1) is 19.3 Å². The zero-order chi connectivity index (χ0) is 20.6. The Kier molecular flexibility index (Phi) is 7.61. The SMILES string of the molecule is CCc1ccc(C(=O)CCC(=O)NCC(c2ccc(C)o2)N2CCOCC2)cc1. The first-order chi connectivity index (χ1) is 14.1. The number of aryl methyl sites for hydroxylation is 2. The number of amides is 1. The topological polar surface area (TPSA) is 71.8 Å². The second-order valence-electron chi connectivity index (χ2n) is 7.39. The second kappa shape index (κ2) is 10.4. The van der Waals surface area contributed by atoms with Gasteiger partial charge in [-0.3, -0.25) is 14.5 Å². The number of rotatable bonds is 9. The minimum atomic E-state index is -0.120. The predicted molar refractivity (Wildman–Crippen MR) is 111 cm³/mol. The zero-order valence-corrected chi connectivity index (χ0v) is 17.3. The summed E-state index contributed by atoms with van der Waals surface area (Å²) in [6.45, 7) is 7.39. The van der Waals surface area contributed by atoms with Crippen LogP contribution in [0.2, 0.25) is 0 Å². The van der Waals surface area contributed by atoms with Gasteiger partial charge in [0.15, 0.2) is 5.78 Å². The molecule has 1 N–H and O–H groups in total. The van der Waals surface area contributed by atoms with E-state index in [9.17, 15) is 9.59 Å². The van der Waals surface area contributed by atoms with Gasteiger partial charge in [-0.1, -0.05) is 31.2 Å². The van der Waals surface area contributed by atoms with E-state index in [1.165, 1.54) is 5.56 Å². The Balaban J connectivity index is 1.52. The molecule has 1 aliphatic heterocycles. The molecule has 1 fully saturated rings. The summed E-state index contributed by atoms with van der Waals surface area (Å²) >= 11 is 0. The van der Waals surface area contributed by atoms with Crippen molar-refractivity contribution < 1.29 is 18.7 Å². The van der Waals surface area contributed by atoms with E-state index >= 15 is 0 Å². The molecule has 1 aliphatic rings. The molecule has 1 amide bonds. The van der Waals surface area contributed by atoms with E-state index in [2.05, 4.69) is 17.1 Å². The van der Waals surface area contributed by atoms with Crippen molar-refractivity contribution in [1.29, 1.82) is 0 Å². The summed E-state index contributed by atoms with van der Waals surface area (Å²) < 4.78 is 11.3. The van der Waals surface area contributed by atoms with E-state index in [1.54, 1.807) is 0 Å². The molecule has 0 saturated carbocycles. The molecule has 1 atom stereocenters. The number of benzene rings is 1. The highest BCUT2D eigenvalue weighted by molar-refractivity contribution is 5.97. The quantitative estimate of drug-likeness (QED) is 0.656. The van der Waals surface area contributed by atoms with E-state index < -0.39 is 0 Å². The summed E-state index contributed by atoms with van der Waals surface area (Å²) in [5.41, 5.74) is 1.86. The number of carbonyl (C=O) groups excluding carboxylic acids is 2. The first-order valence-electron chi connectivity index (χ1n) is 10.3. The van der Waals surface area contributed by atoms with Crippen LogP contribution in [0.4, 0.5) is 0 Å². The van der Waals surface area contributed by atoms with Crippen molar-refractivity contribution in [2.75, 3.05) is 32.8 Å². The van der Waals surface area contributed by atoms with E-state index in [1.807, 2.05) is 43.3 Å². The number of Topliss-reactive ketones (excluding diaryl/α,β-unsaturated/α-hetero) is 1. The Bertz CT molecular complexity index is 807. The lowest BCUT2D eigenvalue weighted by atomic mass is 10.0. The molecular formula is C23H30N2O4. The van der Waals surface area contributed by atoms with Gasteiger partial charge in [-0.2, -0.15) is 0 Å². The molecule has 1 unspecified atom stereocenters. The lowest BCUT2D eigenvalue weighted by Gasteiger charge is -2.33. The summed E-state index contributed by atoms with van der Waals surface area (Å²) in [5.74, 6) is 1.57. The van der Waals surface area contributed by atoms with Crippen LogP contribution in [0.15, 0.2) is 40.8 Å². The van der Waals surface area contributed by atoms with E-state index in [0.29, 0.717) is 25.3 Å². The molecule has 0 bridgehead atoms. The van der Waals surface area contributed by atoms with Crippen LogP contribution in [-0.4, -0.2) is 49.4 Å². The average molecular weight is 399 g/mol. The van der Waals surface area contributed by atoms with Crippen LogP contribution in [0.3, 0.4) is 0 Å². The molecule has 1 aromatic carbocycles. The third-order valence-corrected chi connectivity index (χ3v) is 5.33. The van der Waals surface area contributed by atoms with Gasteiger partial charge in [-0.25, -0.2) is 0 Å². The van der Waals surface area contributed by atoms with Crippen molar-refractivity contribution in [3.05, 3.63) is 59.0 Å². The van der Waals surface area contributed by atoms with Crippen LogP contribution in [-0.2, 0) is 16.0 Å². The number of hydrogen-bond donors (Lipinski definition) is 1. The minimum absolute atomic E-state index is 0.00538. The number of carbonyl (C=O) groups is 2. The minimum Gasteiger partial charge on any atom is -0.465 e. The standard InChI is InChI=1S/C23H30N2O4/c1-3-18-5-7-19(8-6-18)21(26)9-11-23(27)24-16-20(22-10-4-17(2)29-22)25-12-14-28-15-13-25/h4-8,10,20H,3,9,11-16H2,1-2H3,(H,24,27). The van der Waals surface area contributed by atoms with E-state index in [-0.39, 0.29) is 30.6 Å². The predicted octanol–water partition coefficient (Wildman–Crippen LogP) is 3.30. The average Bonchev–Trinajstić information content (AvgIpc) is 3.19. The lowest BCUT2D eigenvalue weighted by Crippen LogP contribution is -2.43. The molecule has 2 aromatic rings. The summed E-state index contributed by atoms with van der Waals surface area (Å²) in [5, 5.41) is 2.98. The van der Waals surface area contributed by atoms with Crippen molar-refractivity contribution in [2.45, 2.75) is 39.2 Å². The summed E-state index contributed by atoms with van der Waals surface area (Å²) in [4.78, 5) is 27.0. The van der Waals surface area contributed by atoms with Gasteiger partial charge < -0.3 is 14.5 Å². The Labute approximate surface area is 172 Å². The first-order valence-corrected chi connectivity index (χ1v) is 10.3. The van der Waals surface area contributed by atoms with Crippen molar-refractivity contribution in [1.82, 2.24) is 10.2 Å². The molecular weight excluding hydrogens is 368 g/mol. The molecule has 6 nitrogen and oxygen atoms in total. The maximum Gasteiger partial charge on any atom is 0.220 e. The third kappa shape index (κ3) is 6.02. The Morgan fingerprint density at radius 2 is 1.79 bits per heavy atom. The largest absolute Gasteiger partial charge is 0.465 e. The van der Waals surface area contributed by atoms with Crippen LogP contribution in [0.1, 0.15) is 53.2 Å². The van der Waals surface area contributed by atoms with Crippen molar-refractivity contribution >= 4 is 11.7 Å². The van der Waals surface area contributed by atoms with Crippen molar-refractivity contribution in [3.8, 4) is 0 Å². The normalized spacial score (nSPS) is 15.8. The fourth-order valence-electron chi connectivity index (χ4n) is 3.53. The van der Waals surface area contributed by atoms with Crippen LogP contribution in [0.5, 0.6) is 0 Å². The number of ketones is 1. The Morgan fingerprint density at radius 1 is 1.07 bits per heavy atom. The van der Waals surface area contributed by atoms with E-state index in [0.717, 1.165) is 31.0 Å². The number of ether oxygens (including phenoxy) is 1. The lowest BCUT2D eigenvalue weighted by molar-refractivity contribution is -0.121. The van der Waals surface area contributed by atoms with Crippen LogP contribution in [0.25, 0.3) is 0 Å². The van der Waals surface area contributed by atoms with Gasteiger partial charge in [0, 0.05) is 38.0 Å². The molecule has 29 heavy (non-hydrogen) atoms. The van der Waals surface area contributed by atoms with Gasteiger partial charge >= 0.3 is 0 Å². The van der Waals surface area contributed by atoms with Crippen LogP contribution in [0, 0.1) is 6.92 Å². The molecule has 156 valence electrons. The number of morpholine rings is 1. The maximum absolute atomic E-state index is 12.4. The smallest absolute Gasteiger partial charge is 0.220 e. The molecule has 6 heteroatoms. The summed E-state index contributed by atoms with van der Waals surface area (Å²) in [6, 6.07) is 11.5. The van der Waals surface area contributed by atoms with Crippen molar-refractivity contribution in [3.63, 3.8) is 0 Å². The molecule has 3 rings (SSSR count). The van der Waals surface area contributed by atoms with Crippen LogP contribution < -0.4 is 5.32 Å². The molecule has 0 radical (unpaired) electrons. The fourth-order valence-corrected chi connectivity index (χ4v) is 3.53. The van der Waals surface area contributed by atoms with Gasteiger partial charge in [0.1, 0.15) is 11.5 Å².